The number of amides is 2. The van der Waals surface area contributed by atoms with Crippen LogP contribution in [0.25, 0.3) is 10.9 Å². The van der Waals surface area contributed by atoms with E-state index in [2.05, 4.69) is 10.3 Å². The minimum Gasteiger partial charge on any atom is -0.398 e. The lowest BCUT2D eigenvalue weighted by molar-refractivity contribution is -0.136. The van der Waals surface area contributed by atoms with Crippen LogP contribution in [0.2, 0.25) is 5.21 Å². The first-order chi connectivity index (χ1) is 11.1. The van der Waals surface area contributed by atoms with Crippen LogP contribution in [0.5, 0.6) is 0 Å². The van der Waals surface area contributed by atoms with Gasteiger partial charge in [-0.1, -0.05) is 5.46 Å². The number of nitrogens with zero attached hydrogens (tertiary/aromatic N) is 2. The number of carbonyl (C=O) groups is 2. The lowest BCUT2D eigenvalue weighted by Gasteiger charge is -2.34. The summed E-state index contributed by atoms with van der Waals surface area (Å²) in [5.41, 5.74) is 7.40. The maximum absolute atomic E-state index is 13.0. The van der Waals surface area contributed by atoms with Gasteiger partial charge in [-0.2, -0.15) is 0 Å². The molecule has 3 rings (SSSR count). The van der Waals surface area contributed by atoms with Crippen LogP contribution in [0.15, 0.2) is 16.9 Å². The maximum atomic E-state index is 13.0. The molecule has 1 unspecified atom stereocenters. The maximum Gasteiger partial charge on any atom is 0.264 e. The lowest BCUT2D eigenvalue weighted by Crippen LogP contribution is -2.52. The Balaban J connectivity index is 2.25. The quantitative estimate of drug-likeness (QED) is 0.322. The Kier molecular flexibility index (Phi) is 3.58. The lowest BCUT2D eigenvalue weighted by atomic mass is 9.50. The average molecular weight is 322 g/mol. The Morgan fingerprint density at radius 3 is 2.67 bits per heavy atom. The number of hydrogen-bond acceptors (Lipinski definition) is 5. The van der Waals surface area contributed by atoms with Crippen molar-refractivity contribution in [1.29, 1.82) is 0 Å². The van der Waals surface area contributed by atoms with E-state index in [1.54, 1.807) is 34.7 Å². The number of rotatable bonds is 1. The van der Waals surface area contributed by atoms with E-state index in [-0.39, 0.29) is 17.9 Å². The largest absolute Gasteiger partial charge is 0.398 e. The standard InChI is InChI=1S/C14H17B3N4O3/c1-5-19-8-3-6(15)2-7(18)10(8)12(23)21(5)9-4-14(16,17)13(24)20-11(9)22/h2-3,9H,4,15-18H2,1H3,(H,20,22,24). The molecule has 0 saturated carbocycles. The number of aromatic nitrogens is 2. The number of aryl methyl sites for hydroxylation is 1. The van der Waals surface area contributed by atoms with Crippen LogP contribution >= 0.6 is 0 Å². The summed E-state index contributed by atoms with van der Waals surface area (Å²) in [6.07, 6.45) is 0.233. The molecule has 1 fully saturated rings. The highest BCUT2D eigenvalue weighted by Crippen LogP contribution is 2.33. The molecule has 0 bridgehead atoms. The number of carbonyl (C=O) groups excluding carboxylic acids is 2. The summed E-state index contributed by atoms with van der Waals surface area (Å²) in [4.78, 5) is 41.7. The van der Waals surface area contributed by atoms with Crippen molar-refractivity contribution in [2.45, 2.75) is 24.6 Å². The van der Waals surface area contributed by atoms with Crippen molar-refractivity contribution in [2.24, 2.45) is 0 Å². The topological polar surface area (TPSA) is 107 Å². The van der Waals surface area contributed by atoms with Crippen LogP contribution in [0.3, 0.4) is 0 Å². The zero-order valence-electron chi connectivity index (χ0n) is 14.1. The van der Waals surface area contributed by atoms with E-state index < -0.39 is 17.2 Å². The van der Waals surface area contributed by atoms with Gasteiger partial charge in [0.2, 0.25) is 11.8 Å². The van der Waals surface area contributed by atoms with Crippen LogP contribution in [0.1, 0.15) is 18.3 Å². The van der Waals surface area contributed by atoms with Gasteiger partial charge in [0.15, 0.2) is 0 Å². The summed E-state index contributed by atoms with van der Waals surface area (Å²) in [6.45, 7) is 1.68. The highest BCUT2D eigenvalue weighted by molar-refractivity contribution is 6.52. The van der Waals surface area contributed by atoms with Crippen molar-refractivity contribution in [3.8, 4) is 0 Å². The van der Waals surface area contributed by atoms with Gasteiger partial charge in [-0.15, -0.1) is 0 Å². The second-order valence-electron chi connectivity index (χ2n) is 7.00. The third-order valence-corrected chi connectivity index (χ3v) is 4.53. The van der Waals surface area contributed by atoms with Gasteiger partial charge in [0.05, 0.1) is 10.9 Å². The summed E-state index contributed by atoms with van der Waals surface area (Å²) in [7, 11) is 5.36. The van der Waals surface area contributed by atoms with E-state index in [1.807, 2.05) is 7.85 Å². The predicted molar refractivity (Wildman–Crippen MR) is 99.9 cm³/mol. The molecule has 2 heterocycles. The minimum absolute atomic E-state index is 0.233. The Morgan fingerprint density at radius 2 is 2.00 bits per heavy atom. The van der Waals surface area contributed by atoms with E-state index in [0.29, 0.717) is 22.4 Å². The third-order valence-electron chi connectivity index (χ3n) is 4.53. The molecular formula is C14H17B3N4O3. The smallest absolute Gasteiger partial charge is 0.264 e. The SMILES string of the molecule is Bc1cc(N)c2c(=O)n(C3CC(B)(B)C(=O)NC3=O)c(C)nc2c1. The fourth-order valence-electron chi connectivity index (χ4n) is 3.22. The van der Waals surface area contributed by atoms with Crippen molar-refractivity contribution in [1.82, 2.24) is 14.9 Å². The first-order valence-electron chi connectivity index (χ1n) is 7.76. The predicted octanol–water partition coefficient (Wildman–Crippen LogP) is -3.48. The molecule has 2 amide bonds. The van der Waals surface area contributed by atoms with Gasteiger partial charge in [-0.3, -0.25) is 24.3 Å². The molecule has 10 heteroatoms. The molecule has 1 atom stereocenters. The van der Waals surface area contributed by atoms with E-state index in [1.165, 1.54) is 4.57 Å². The second-order valence-corrected chi connectivity index (χ2v) is 7.00. The molecule has 3 N–H and O–H groups in total. The molecule has 1 aliphatic heterocycles. The van der Waals surface area contributed by atoms with Crippen molar-refractivity contribution >= 4 is 57.4 Å². The van der Waals surface area contributed by atoms with Crippen molar-refractivity contribution < 1.29 is 9.59 Å². The molecule has 24 heavy (non-hydrogen) atoms. The number of benzene rings is 1. The molecule has 0 spiro atoms. The Morgan fingerprint density at radius 1 is 1.33 bits per heavy atom. The van der Waals surface area contributed by atoms with Crippen LogP contribution in [-0.4, -0.2) is 44.9 Å². The number of hydrogen-bond donors (Lipinski definition) is 2. The molecule has 1 saturated heterocycles. The van der Waals surface area contributed by atoms with Gasteiger partial charge in [-0.05, 0) is 30.7 Å². The highest BCUT2D eigenvalue weighted by atomic mass is 16.2. The fraction of sp³-hybridized carbons (Fsp3) is 0.286. The number of piperidine rings is 1. The van der Waals surface area contributed by atoms with E-state index in [9.17, 15) is 14.4 Å². The summed E-state index contributed by atoms with van der Waals surface area (Å²) in [5, 5.41) is 1.90. The Bertz CT molecular complexity index is 954. The van der Waals surface area contributed by atoms with Gasteiger partial charge < -0.3 is 5.73 Å². The number of anilines is 1. The van der Waals surface area contributed by atoms with Crippen LogP contribution < -0.4 is 22.1 Å². The molecule has 0 radical (unpaired) electrons. The first kappa shape index (κ1) is 16.4. The molecule has 1 aromatic heterocycles. The molecule has 0 aliphatic carbocycles. The van der Waals surface area contributed by atoms with E-state index in [0.717, 1.165) is 5.46 Å². The van der Waals surface area contributed by atoms with Gasteiger partial charge >= 0.3 is 0 Å². The molecule has 7 nitrogen and oxygen atoms in total. The van der Waals surface area contributed by atoms with Crippen LogP contribution in [-0.2, 0) is 9.59 Å². The van der Waals surface area contributed by atoms with Crippen LogP contribution in [0.4, 0.5) is 5.69 Å². The van der Waals surface area contributed by atoms with Crippen molar-refractivity contribution in [2.75, 3.05) is 5.73 Å². The first-order valence-corrected chi connectivity index (χ1v) is 7.76. The number of fused-ring (bicyclic) bond motifs is 1. The van der Waals surface area contributed by atoms with Gasteiger partial charge in [0, 0.05) is 5.69 Å². The van der Waals surface area contributed by atoms with Crippen molar-refractivity contribution in [3.63, 3.8) is 0 Å². The summed E-state index contributed by atoms with van der Waals surface area (Å²) in [5.74, 6) is -0.405. The molecule has 1 aliphatic rings. The zero-order valence-corrected chi connectivity index (χ0v) is 14.1. The third kappa shape index (κ3) is 2.42. The Labute approximate surface area is 141 Å². The minimum atomic E-state index is -0.789. The zero-order chi connectivity index (χ0) is 17.8. The number of nitrogens with one attached hydrogen (secondary N) is 1. The molecule has 120 valence electrons. The van der Waals surface area contributed by atoms with Gasteiger partial charge in [0.25, 0.3) is 5.56 Å². The van der Waals surface area contributed by atoms with Gasteiger partial charge in [0.1, 0.15) is 35.4 Å². The van der Waals surface area contributed by atoms with Crippen molar-refractivity contribution in [3.05, 3.63) is 28.3 Å². The summed E-state index contributed by atoms with van der Waals surface area (Å²) >= 11 is 0. The normalized spacial score (nSPS) is 20.1. The van der Waals surface area contributed by atoms with E-state index >= 15 is 0 Å². The number of nitrogens with two attached hydrogens (primary N) is 1. The summed E-state index contributed by atoms with van der Waals surface area (Å²) in [6, 6.07) is 2.71. The molecule has 1 aromatic carbocycles. The van der Waals surface area contributed by atoms with E-state index in [4.69, 9.17) is 5.73 Å². The van der Waals surface area contributed by atoms with Crippen LogP contribution in [0, 0.1) is 6.92 Å². The number of imide groups is 1. The fourth-order valence-corrected chi connectivity index (χ4v) is 3.22. The average Bonchev–Trinajstić information content (AvgIpc) is 2.43. The molecular weight excluding hydrogens is 305 g/mol. The second kappa shape index (κ2) is 5.26. The monoisotopic (exact) mass is 322 g/mol. The highest BCUT2D eigenvalue weighted by Gasteiger charge is 2.41. The number of nitrogen functional groups attached to an aromatic ring is 1. The Hall–Kier alpha value is -2.51. The summed E-state index contributed by atoms with van der Waals surface area (Å²) < 4.78 is 1.34. The van der Waals surface area contributed by atoms with Gasteiger partial charge in [-0.25, -0.2) is 4.98 Å². The molecule has 2 aromatic rings.